The molecule has 2 heteroatoms. The second kappa shape index (κ2) is 7.80. The smallest absolute Gasteiger partial charge is 0.0342 e. The molecule has 0 radical (unpaired) electrons. The van der Waals surface area contributed by atoms with Crippen LogP contribution in [0.3, 0.4) is 0 Å². The average Bonchev–Trinajstić information content (AvgIpc) is 2.49. The lowest BCUT2D eigenvalue weighted by Gasteiger charge is -2.33. The first-order valence-electron chi connectivity index (χ1n) is 8.24. The number of piperidine rings is 1. The molecule has 1 fully saturated rings. The number of aryl methyl sites for hydroxylation is 1. The first-order valence-corrected chi connectivity index (χ1v) is 8.24. The van der Waals surface area contributed by atoms with E-state index < -0.39 is 0 Å². The van der Waals surface area contributed by atoms with Crippen molar-refractivity contribution in [1.82, 2.24) is 10.2 Å². The summed E-state index contributed by atoms with van der Waals surface area (Å²) in [5, 5.41) is 3.53. The lowest BCUT2D eigenvalue weighted by atomic mass is 9.96. The van der Waals surface area contributed by atoms with Gasteiger partial charge in [0.05, 0.1) is 0 Å². The third kappa shape index (κ3) is 4.07. The highest BCUT2D eigenvalue weighted by molar-refractivity contribution is 5.25. The van der Waals surface area contributed by atoms with Crippen LogP contribution in [0, 0.1) is 5.92 Å². The topological polar surface area (TPSA) is 15.3 Å². The van der Waals surface area contributed by atoms with Gasteiger partial charge in [-0.3, -0.25) is 4.90 Å². The van der Waals surface area contributed by atoms with Crippen molar-refractivity contribution in [3.63, 3.8) is 0 Å². The predicted octanol–water partition coefficient (Wildman–Crippen LogP) is 3.63. The number of hydrogen-bond donors (Lipinski definition) is 1. The van der Waals surface area contributed by atoms with Crippen LogP contribution < -0.4 is 5.32 Å². The molecule has 0 bridgehead atoms. The molecule has 0 aromatic heterocycles. The van der Waals surface area contributed by atoms with E-state index in [1.807, 2.05) is 0 Å². The molecule has 20 heavy (non-hydrogen) atoms. The number of nitrogens with one attached hydrogen (secondary N) is 1. The summed E-state index contributed by atoms with van der Waals surface area (Å²) in [6, 6.07) is 9.77. The van der Waals surface area contributed by atoms with Crippen LogP contribution in [0.15, 0.2) is 24.3 Å². The molecule has 1 heterocycles. The normalized spacial score (nSPS) is 21.1. The Morgan fingerprint density at radius 2 is 2.00 bits per heavy atom. The summed E-state index contributed by atoms with van der Waals surface area (Å²) in [6.07, 6.45) is 5.02. The fourth-order valence-corrected chi connectivity index (χ4v) is 3.39. The molecule has 1 aliphatic rings. The molecule has 2 unspecified atom stereocenters. The van der Waals surface area contributed by atoms with Gasteiger partial charge in [-0.2, -0.15) is 0 Å². The second-order valence-electron chi connectivity index (χ2n) is 6.17. The maximum absolute atomic E-state index is 3.53. The summed E-state index contributed by atoms with van der Waals surface area (Å²) in [5.41, 5.74) is 2.90. The highest BCUT2D eigenvalue weighted by Gasteiger charge is 2.20. The third-order valence-corrected chi connectivity index (χ3v) is 4.64. The monoisotopic (exact) mass is 274 g/mol. The summed E-state index contributed by atoms with van der Waals surface area (Å²) in [7, 11) is 2.29. The highest BCUT2D eigenvalue weighted by Crippen LogP contribution is 2.25. The lowest BCUT2D eigenvalue weighted by Crippen LogP contribution is -2.38. The van der Waals surface area contributed by atoms with E-state index in [9.17, 15) is 0 Å². The van der Waals surface area contributed by atoms with Gasteiger partial charge in [0.2, 0.25) is 0 Å². The van der Waals surface area contributed by atoms with Crippen molar-refractivity contribution in [2.24, 2.45) is 5.92 Å². The van der Waals surface area contributed by atoms with E-state index in [1.165, 1.54) is 50.0 Å². The molecule has 1 aromatic carbocycles. The van der Waals surface area contributed by atoms with Crippen molar-refractivity contribution in [3.8, 4) is 0 Å². The number of nitrogens with zero attached hydrogens (tertiary/aromatic N) is 1. The van der Waals surface area contributed by atoms with Gasteiger partial charge in [-0.15, -0.1) is 0 Å². The molecule has 1 N–H and O–H groups in total. The Balaban J connectivity index is 1.98. The Morgan fingerprint density at radius 1 is 1.25 bits per heavy atom. The summed E-state index contributed by atoms with van der Waals surface area (Å²) in [5.74, 6) is 0.817. The van der Waals surface area contributed by atoms with E-state index in [4.69, 9.17) is 0 Å². The predicted molar refractivity (Wildman–Crippen MR) is 87.1 cm³/mol. The van der Waals surface area contributed by atoms with Crippen LogP contribution in [0.4, 0.5) is 0 Å². The van der Waals surface area contributed by atoms with Crippen LogP contribution in [0.25, 0.3) is 0 Å². The maximum Gasteiger partial charge on any atom is 0.0342 e. The summed E-state index contributed by atoms with van der Waals surface area (Å²) < 4.78 is 0. The molecular weight excluding hydrogens is 244 g/mol. The van der Waals surface area contributed by atoms with Crippen LogP contribution in [-0.2, 0) is 6.42 Å². The molecule has 2 atom stereocenters. The van der Waals surface area contributed by atoms with E-state index in [0.29, 0.717) is 6.04 Å². The van der Waals surface area contributed by atoms with E-state index in [-0.39, 0.29) is 0 Å². The zero-order chi connectivity index (χ0) is 14.4. The average molecular weight is 274 g/mol. The van der Waals surface area contributed by atoms with Gasteiger partial charge in [-0.05, 0) is 62.9 Å². The van der Waals surface area contributed by atoms with Gasteiger partial charge in [0, 0.05) is 12.6 Å². The molecule has 2 nitrogen and oxygen atoms in total. The van der Waals surface area contributed by atoms with Crippen LogP contribution in [0.5, 0.6) is 0 Å². The van der Waals surface area contributed by atoms with Gasteiger partial charge in [0.1, 0.15) is 0 Å². The minimum atomic E-state index is 0.558. The van der Waals surface area contributed by atoms with Crippen LogP contribution in [-0.4, -0.2) is 31.6 Å². The Bertz CT molecular complexity index is 379. The Hall–Kier alpha value is -0.860. The summed E-state index contributed by atoms with van der Waals surface area (Å²) in [4.78, 5) is 2.55. The number of hydrogen-bond acceptors (Lipinski definition) is 2. The van der Waals surface area contributed by atoms with Crippen LogP contribution in [0.2, 0.25) is 0 Å². The van der Waals surface area contributed by atoms with Crippen molar-refractivity contribution in [2.75, 3.05) is 26.7 Å². The molecule has 0 aliphatic carbocycles. The van der Waals surface area contributed by atoms with Crippen molar-refractivity contribution >= 4 is 0 Å². The zero-order valence-electron chi connectivity index (χ0n) is 13.4. The molecule has 1 saturated heterocycles. The van der Waals surface area contributed by atoms with Gasteiger partial charge in [0.15, 0.2) is 0 Å². The number of rotatable bonds is 6. The Labute approximate surface area is 124 Å². The SMILES string of the molecule is CCc1ccc(C(CC)N(C)CC2CCCNC2)cc1. The van der Waals surface area contributed by atoms with Gasteiger partial charge in [-0.25, -0.2) is 0 Å². The van der Waals surface area contributed by atoms with E-state index in [1.54, 1.807) is 0 Å². The quantitative estimate of drug-likeness (QED) is 0.852. The van der Waals surface area contributed by atoms with Crippen molar-refractivity contribution in [2.45, 2.75) is 45.6 Å². The van der Waals surface area contributed by atoms with E-state index in [0.717, 1.165) is 12.3 Å². The molecule has 112 valence electrons. The summed E-state index contributed by atoms with van der Waals surface area (Å²) in [6.45, 7) is 8.12. The summed E-state index contributed by atoms with van der Waals surface area (Å²) >= 11 is 0. The molecule has 1 aliphatic heterocycles. The minimum Gasteiger partial charge on any atom is -0.316 e. The fraction of sp³-hybridized carbons (Fsp3) is 0.667. The largest absolute Gasteiger partial charge is 0.316 e. The molecule has 0 spiro atoms. The van der Waals surface area contributed by atoms with Crippen molar-refractivity contribution in [1.29, 1.82) is 0 Å². The zero-order valence-corrected chi connectivity index (χ0v) is 13.4. The van der Waals surface area contributed by atoms with Gasteiger partial charge >= 0.3 is 0 Å². The second-order valence-corrected chi connectivity index (χ2v) is 6.17. The lowest BCUT2D eigenvalue weighted by molar-refractivity contribution is 0.185. The molecule has 1 aromatic rings. The fourth-order valence-electron chi connectivity index (χ4n) is 3.39. The molecule has 0 amide bonds. The minimum absolute atomic E-state index is 0.558. The molecule has 2 rings (SSSR count). The van der Waals surface area contributed by atoms with Gasteiger partial charge in [0.25, 0.3) is 0 Å². The van der Waals surface area contributed by atoms with Gasteiger partial charge < -0.3 is 5.32 Å². The number of benzene rings is 1. The Kier molecular flexibility index (Phi) is 6.06. The first-order chi connectivity index (χ1) is 9.74. The Morgan fingerprint density at radius 3 is 2.55 bits per heavy atom. The van der Waals surface area contributed by atoms with Gasteiger partial charge in [-0.1, -0.05) is 38.1 Å². The first kappa shape index (κ1) is 15.5. The van der Waals surface area contributed by atoms with Crippen LogP contribution in [0.1, 0.15) is 50.3 Å². The van der Waals surface area contributed by atoms with Crippen LogP contribution >= 0.6 is 0 Å². The van der Waals surface area contributed by atoms with E-state index in [2.05, 4.69) is 55.4 Å². The maximum atomic E-state index is 3.53. The molecular formula is C18H30N2. The van der Waals surface area contributed by atoms with Crippen molar-refractivity contribution < 1.29 is 0 Å². The highest BCUT2D eigenvalue weighted by atomic mass is 15.1. The third-order valence-electron chi connectivity index (χ3n) is 4.64. The van der Waals surface area contributed by atoms with Crippen molar-refractivity contribution in [3.05, 3.63) is 35.4 Å². The van der Waals surface area contributed by atoms with E-state index >= 15 is 0 Å². The standard InChI is InChI=1S/C18H30N2/c1-4-15-8-10-17(11-9-15)18(5-2)20(3)14-16-7-6-12-19-13-16/h8-11,16,18-19H,4-7,12-14H2,1-3H3. The molecule has 0 saturated carbocycles.